The third-order valence-electron chi connectivity index (χ3n) is 6.56. The molecule has 0 spiro atoms. The summed E-state index contributed by atoms with van der Waals surface area (Å²) in [6.07, 6.45) is 2.15. The molecule has 176 valence electrons. The maximum atomic E-state index is 12.6. The number of carbonyl (C=O) groups is 1. The minimum atomic E-state index is -3.24. The van der Waals surface area contributed by atoms with Crippen LogP contribution in [-0.4, -0.2) is 36.5 Å². The third-order valence-corrected chi connectivity index (χ3v) is 9.29. The van der Waals surface area contributed by atoms with E-state index in [0.717, 1.165) is 37.2 Å². The van der Waals surface area contributed by atoms with Crippen molar-refractivity contribution in [3.63, 3.8) is 0 Å². The lowest BCUT2D eigenvalue weighted by Crippen LogP contribution is -2.36. The van der Waals surface area contributed by atoms with Crippen LogP contribution in [0.1, 0.15) is 55.8 Å². The van der Waals surface area contributed by atoms with Gasteiger partial charge in [0.1, 0.15) is 0 Å². The van der Waals surface area contributed by atoms with E-state index in [0.29, 0.717) is 17.0 Å². The Bertz CT molecular complexity index is 1160. The normalized spacial score (nSPS) is 22.6. The van der Waals surface area contributed by atoms with Crippen LogP contribution in [0.5, 0.6) is 0 Å². The molecule has 2 aliphatic rings. The molecule has 1 saturated carbocycles. The van der Waals surface area contributed by atoms with Crippen molar-refractivity contribution in [1.29, 1.82) is 5.26 Å². The van der Waals surface area contributed by atoms with Crippen LogP contribution in [0.4, 0.5) is 5.13 Å². The molecular weight excluding hydrogens is 456 g/mol. The number of anilines is 1. The summed E-state index contributed by atoms with van der Waals surface area (Å²) in [5, 5.41) is 12.6. The number of benzene rings is 1. The van der Waals surface area contributed by atoms with Crippen LogP contribution < -0.4 is 5.32 Å². The monoisotopic (exact) mass is 486 g/mol. The minimum absolute atomic E-state index is 0.0530. The summed E-state index contributed by atoms with van der Waals surface area (Å²) in [7, 11) is -3.24. The van der Waals surface area contributed by atoms with Crippen molar-refractivity contribution in [2.75, 3.05) is 17.6 Å². The van der Waals surface area contributed by atoms with Gasteiger partial charge in [-0.2, -0.15) is 5.26 Å². The van der Waals surface area contributed by atoms with Gasteiger partial charge in [-0.05, 0) is 42.4 Å². The largest absolute Gasteiger partial charge is 0.302 e. The van der Waals surface area contributed by atoms with Crippen LogP contribution >= 0.6 is 11.3 Å². The van der Waals surface area contributed by atoms with Crippen molar-refractivity contribution in [3.05, 3.63) is 40.4 Å². The number of nitrogens with one attached hydrogen (secondary N) is 1. The van der Waals surface area contributed by atoms with Crippen molar-refractivity contribution >= 4 is 32.2 Å². The van der Waals surface area contributed by atoms with Crippen LogP contribution in [-0.2, 0) is 27.6 Å². The van der Waals surface area contributed by atoms with Crippen molar-refractivity contribution in [1.82, 2.24) is 9.88 Å². The van der Waals surface area contributed by atoms with Gasteiger partial charge in [-0.3, -0.25) is 9.69 Å². The molecule has 7 nitrogen and oxygen atoms in total. The molecule has 1 aromatic carbocycles. The predicted molar refractivity (Wildman–Crippen MR) is 128 cm³/mol. The summed E-state index contributed by atoms with van der Waals surface area (Å²) >= 11 is 1.54. The topological polar surface area (TPSA) is 103 Å². The Morgan fingerprint density at radius 3 is 2.61 bits per heavy atom. The highest BCUT2D eigenvalue weighted by Gasteiger charge is 2.39. The van der Waals surface area contributed by atoms with Crippen molar-refractivity contribution in [2.24, 2.45) is 17.8 Å². The van der Waals surface area contributed by atoms with Crippen molar-refractivity contribution in [2.45, 2.75) is 57.5 Å². The van der Waals surface area contributed by atoms with E-state index in [1.807, 2.05) is 0 Å². The molecule has 4 rings (SSSR count). The van der Waals surface area contributed by atoms with E-state index in [9.17, 15) is 13.2 Å². The standard InChI is InChI=1S/C24H30N4O3S2/c1-4-33(30,31)19-7-5-16(6-8-19)11-21(29)26-24-27-22-20(32-24)14-28(23(22)15(2)3)13-18-9-17(10-18)12-25/h5-8,15,17-18,23H,4,9-11,13-14H2,1-3H3,(H,26,27,29). The SMILES string of the molecule is CCS(=O)(=O)c1ccc(CC(=O)Nc2nc3c(s2)CN(CC2CC(C#N)C2)C3C(C)C)cc1. The van der Waals surface area contributed by atoms with E-state index in [1.165, 1.54) is 16.2 Å². The van der Waals surface area contributed by atoms with Gasteiger partial charge in [0, 0.05) is 23.9 Å². The number of carbonyl (C=O) groups excluding carboxylic acids is 1. The summed E-state index contributed by atoms with van der Waals surface area (Å²) in [6, 6.07) is 9.09. The number of rotatable bonds is 8. The summed E-state index contributed by atoms with van der Waals surface area (Å²) < 4.78 is 23.9. The molecule has 2 heterocycles. The highest BCUT2D eigenvalue weighted by molar-refractivity contribution is 7.91. The van der Waals surface area contributed by atoms with Gasteiger partial charge in [-0.25, -0.2) is 13.4 Å². The zero-order chi connectivity index (χ0) is 23.8. The van der Waals surface area contributed by atoms with Gasteiger partial charge in [-0.15, -0.1) is 11.3 Å². The number of fused-ring (bicyclic) bond motifs is 1. The molecule has 1 amide bonds. The van der Waals surface area contributed by atoms with Crippen LogP contribution in [0.25, 0.3) is 0 Å². The molecule has 1 aromatic heterocycles. The highest BCUT2D eigenvalue weighted by atomic mass is 32.2. The second-order valence-electron chi connectivity index (χ2n) is 9.38. The first-order chi connectivity index (χ1) is 15.7. The first kappa shape index (κ1) is 23.9. The molecule has 9 heteroatoms. The number of nitriles is 1. The molecule has 0 saturated heterocycles. The number of amides is 1. The Hall–Kier alpha value is -2.28. The fourth-order valence-electron chi connectivity index (χ4n) is 4.78. The number of nitrogens with zero attached hydrogens (tertiary/aromatic N) is 3. The number of thiazole rings is 1. The van der Waals surface area contributed by atoms with Gasteiger partial charge in [0.15, 0.2) is 15.0 Å². The average molecular weight is 487 g/mol. The molecule has 1 atom stereocenters. The molecule has 1 aliphatic carbocycles. The lowest BCUT2D eigenvalue weighted by Gasteiger charge is -2.37. The molecule has 1 fully saturated rings. The average Bonchev–Trinajstić information content (AvgIpc) is 3.26. The van der Waals surface area contributed by atoms with Crippen molar-refractivity contribution < 1.29 is 13.2 Å². The Kier molecular flexibility index (Phi) is 6.89. The van der Waals surface area contributed by atoms with Gasteiger partial charge in [0.05, 0.1) is 34.9 Å². The molecule has 0 radical (unpaired) electrons. The zero-order valence-electron chi connectivity index (χ0n) is 19.2. The first-order valence-electron chi connectivity index (χ1n) is 11.4. The lowest BCUT2D eigenvalue weighted by atomic mass is 9.75. The molecule has 1 aliphatic heterocycles. The lowest BCUT2D eigenvalue weighted by molar-refractivity contribution is -0.115. The van der Waals surface area contributed by atoms with E-state index in [4.69, 9.17) is 10.2 Å². The van der Waals surface area contributed by atoms with E-state index < -0.39 is 9.84 Å². The van der Waals surface area contributed by atoms with Crippen LogP contribution in [0.15, 0.2) is 29.2 Å². The van der Waals surface area contributed by atoms with Crippen molar-refractivity contribution in [3.8, 4) is 6.07 Å². The molecule has 1 unspecified atom stereocenters. The van der Waals surface area contributed by atoms with Gasteiger partial charge in [0.25, 0.3) is 0 Å². The summed E-state index contributed by atoms with van der Waals surface area (Å²) in [4.78, 5) is 21.3. The Morgan fingerprint density at radius 1 is 1.30 bits per heavy atom. The maximum Gasteiger partial charge on any atom is 0.230 e. The van der Waals surface area contributed by atoms with Gasteiger partial charge >= 0.3 is 0 Å². The summed E-state index contributed by atoms with van der Waals surface area (Å²) in [5.41, 5.74) is 1.82. The van der Waals surface area contributed by atoms with Crippen LogP contribution in [0.3, 0.4) is 0 Å². The second-order valence-corrected chi connectivity index (χ2v) is 12.7. The van der Waals surface area contributed by atoms with E-state index in [2.05, 4.69) is 30.1 Å². The number of aromatic nitrogens is 1. The molecule has 33 heavy (non-hydrogen) atoms. The molecule has 2 aromatic rings. The molecule has 0 bridgehead atoms. The molecule has 1 N–H and O–H groups in total. The first-order valence-corrected chi connectivity index (χ1v) is 13.9. The fourth-order valence-corrected chi connectivity index (χ4v) is 6.71. The Balaban J connectivity index is 1.37. The Labute approximate surface area is 199 Å². The number of hydrogen-bond acceptors (Lipinski definition) is 7. The van der Waals surface area contributed by atoms with Gasteiger partial charge in [-0.1, -0.05) is 32.9 Å². The van der Waals surface area contributed by atoms with Crippen LogP contribution in [0.2, 0.25) is 0 Å². The molecular formula is C24H30N4O3S2. The third kappa shape index (κ3) is 5.13. The minimum Gasteiger partial charge on any atom is -0.302 e. The summed E-state index contributed by atoms with van der Waals surface area (Å²) in [5.74, 6) is 1.10. The van der Waals surface area contributed by atoms with E-state index in [1.54, 1.807) is 31.2 Å². The second kappa shape index (κ2) is 9.53. The number of hydrogen-bond donors (Lipinski definition) is 1. The van der Waals surface area contributed by atoms with E-state index in [-0.39, 0.29) is 34.9 Å². The van der Waals surface area contributed by atoms with E-state index >= 15 is 0 Å². The fraction of sp³-hybridized carbons (Fsp3) is 0.542. The van der Waals surface area contributed by atoms with Gasteiger partial charge in [0.2, 0.25) is 5.91 Å². The zero-order valence-corrected chi connectivity index (χ0v) is 20.9. The smallest absolute Gasteiger partial charge is 0.230 e. The summed E-state index contributed by atoms with van der Waals surface area (Å²) in [6.45, 7) is 7.85. The highest BCUT2D eigenvalue weighted by Crippen LogP contribution is 2.44. The number of sulfone groups is 1. The maximum absolute atomic E-state index is 12.6. The van der Waals surface area contributed by atoms with Crippen LogP contribution in [0, 0.1) is 29.1 Å². The van der Waals surface area contributed by atoms with Gasteiger partial charge < -0.3 is 5.32 Å². The quantitative estimate of drug-likeness (QED) is 0.600. The predicted octanol–water partition coefficient (Wildman–Crippen LogP) is 4.18. The Morgan fingerprint density at radius 2 is 2.00 bits per heavy atom.